The maximum atomic E-state index is 9.26. The lowest BCUT2D eigenvalue weighted by Crippen LogP contribution is -2.12. The molecule has 80 valence electrons. The molecule has 0 spiro atoms. The fourth-order valence-electron chi connectivity index (χ4n) is 1.20. The van der Waals surface area contributed by atoms with Crippen LogP contribution < -0.4 is 0 Å². The Hall–Kier alpha value is -0.840. The normalized spacial score (nSPS) is 15.4. The lowest BCUT2D eigenvalue weighted by molar-refractivity contribution is -0.0914. The first kappa shape index (κ1) is 11.2. The number of aliphatic hydroxyl groups excluding tert-OH is 1. The third-order valence-corrected chi connectivity index (χ3v) is 1.80. The second-order valence-electron chi connectivity index (χ2n) is 3.16. The SMILES string of the molecule is COCO[C@H](C[C@@H](C)O)c1ccco1. The van der Waals surface area contributed by atoms with Gasteiger partial charge in [-0.3, -0.25) is 0 Å². The largest absolute Gasteiger partial charge is 0.467 e. The third-order valence-electron chi connectivity index (χ3n) is 1.80. The first-order chi connectivity index (χ1) is 6.74. The van der Waals surface area contributed by atoms with Gasteiger partial charge in [0.15, 0.2) is 0 Å². The van der Waals surface area contributed by atoms with Gasteiger partial charge in [0, 0.05) is 13.5 Å². The second-order valence-corrected chi connectivity index (χ2v) is 3.16. The molecule has 0 aromatic carbocycles. The summed E-state index contributed by atoms with van der Waals surface area (Å²) in [6, 6.07) is 3.61. The average molecular weight is 200 g/mol. The van der Waals surface area contributed by atoms with Crippen molar-refractivity contribution < 1.29 is 19.0 Å². The predicted molar refractivity (Wildman–Crippen MR) is 50.7 cm³/mol. The Morgan fingerprint density at radius 3 is 2.86 bits per heavy atom. The highest BCUT2D eigenvalue weighted by molar-refractivity contribution is 5.02. The molecule has 4 heteroatoms. The van der Waals surface area contributed by atoms with Crippen molar-refractivity contribution in [2.45, 2.75) is 25.6 Å². The molecule has 2 atom stereocenters. The number of furan rings is 1. The molecule has 1 aromatic heterocycles. The minimum absolute atomic E-state index is 0.193. The Morgan fingerprint density at radius 2 is 2.36 bits per heavy atom. The summed E-state index contributed by atoms with van der Waals surface area (Å²) in [5.74, 6) is 0.711. The number of hydrogen-bond acceptors (Lipinski definition) is 4. The zero-order chi connectivity index (χ0) is 10.4. The highest BCUT2D eigenvalue weighted by Gasteiger charge is 2.17. The van der Waals surface area contributed by atoms with Gasteiger partial charge in [0.05, 0.1) is 12.4 Å². The summed E-state index contributed by atoms with van der Waals surface area (Å²) in [6.45, 7) is 1.91. The van der Waals surface area contributed by atoms with E-state index >= 15 is 0 Å². The molecule has 1 heterocycles. The van der Waals surface area contributed by atoms with Gasteiger partial charge in [-0.2, -0.15) is 0 Å². The van der Waals surface area contributed by atoms with Crippen molar-refractivity contribution in [3.05, 3.63) is 24.2 Å². The Bertz CT molecular complexity index is 230. The number of hydrogen-bond donors (Lipinski definition) is 1. The number of ether oxygens (including phenoxy) is 2. The van der Waals surface area contributed by atoms with Crippen LogP contribution in [0, 0.1) is 0 Å². The molecule has 1 N–H and O–H groups in total. The van der Waals surface area contributed by atoms with Crippen LogP contribution in [-0.2, 0) is 9.47 Å². The molecule has 0 aliphatic rings. The van der Waals surface area contributed by atoms with Gasteiger partial charge in [0.25, 0.3) is 0 Å². The van der Waals surface area contributed by atoms with Gasteiger partial charge in [0.1, 0.15) is 18.7 Å². The Labute approximate surface area is 83.4 Å². The maximum absolute atomic E-state index is 9.26. The molecule has 0 amide bonds. The van der Waals surface area contributed by atoms with Gasteiger partial charge in [-0.15, -0.1) is 0 Å². The molecule has 1 aromatic rings. The zero-order valence-electron chi connectivity index (χ0n) is 8.47. The molecule has 0 radical (unpaired) electrons. The maximum Gasteiger partial charge on any atom is 0.147 e. The Kier molecular flexibility index (Phi) is 4.65. The fourth-order valence-corrected chi connectivity index (χ4v) is 1.20. The van der Waals surface area contributed by atoms with Gasteiger partial charge in [-0.25, -0.2) is 0 Å². The topological polar surface area (TPSA) is 51.8 Å². The highest BCUT2D eigenvalue weighted by Crippen LogP contribution is 2.23. The predicted octanol–water partition coefficient (Wildman–Crippen LogP) is 1.71. The van der Waals surface area contributed by atoms with Crippen molar-refractivity contribution >= 4 is 0 Å². The molecule has 0 unspecified atom stereocenters. The summed E-state index contributed by atoms with van der Waals surface area (Å²) >= 11 is 0. The van der Waals surface area contributed by atoms with Crippen molar-refractivity contribution in [2.75, 3.05) is 13.9 Å². The number of aliphatic hydroxyl groups is 1. The van der Waals surface area contributed by atoms with E-state index in [4.69, 9.17) is 13.9 Å². The summed E-state index contributed by atoms with van der Waals surface area (Å²) in [7, 11) is 1.56. The van der Waals surface area contributed by atoms with Crippen LogP contribution in [0.15, 0.2) is 22.8 Å². The first-order valence-corrected chi connectivity index (χ1v) is 4.56. The van der Waals surface area contributed by atoms with Crippen LogP contribution in [0.2, 0.25) is 0 Å². The van der Waals surface area contributed by atoms with Crippen molar-refractivity contribution in [3.63, 3.8) is 0 Å². The van der Waals surface area contributed by atoms with Crippen LogP contribution in [0.1, 0.15) is 25.2 Å². The first-order valence-electron chi connectivity index (χ1n) is 4.56. The van der Waals surface area contributed by atoms with E-state index in [1.54, 1.807) is 26.4 Å². The molecule has 4 nitrogen and oxygen atoms in total. The molecule has 0 bridgehead atoms. The third kappa shape index (κ3) is 3.49. The number of methoxy groups -OCH3 is 1. The monoisotopic (exact) mass is 200 g/mol. The van der Waals surface area contributed by atoms with Crippen LogP contribution >= 0.6 is 0 Å². The van der Waals surface area contributed by atoms with E-state index in [1.165, 1.54) is 0 Å². The summed E-state index contributed by atoms with van der Waals surface area (Å²) in [6.07, 6.45) is 1.41. The Balaban J connectivity index is 2.53. The summed E-state index contributed by atoms with van der Waals surface area (Å²) < 4.78 is 15.4. The van der Waals surface area contributed by atoms with E-state index in [9.17, 15) is 5.11 Å². The molecule has 14 heavy (non-hydrogen) atoms. The molecule has 0 fully saturated rings. The van der Waals surface area contributed by atoms with Crippen LogP contribution in [0.4, 0.5) is 0 Å². The van der Waals surface area contributed by atoms with E-state index < -0.39 is 6.10 Å². The van der Waals surface area contributed by atoms with E-state index in [2.05, 4.69) is 0 Å². The lowest BCUT2D eigenvalue weighted by Gasteiger charge is -2.16. The lowest BCUT2D eigenvalue weighted by atomic mass is 10.1. The van der Waals surface area contributed by atoms with Crippen LogP contribution in [0.3, 0.4) is 0 Å². The van der Waals surface area contributed by atoms with Crippen molar-refractivity contribution in [2.24, 2.45) is 0 Å². The van der Waals surface area contributed by atoms with Crippen molar-refractivity contribution in [1.29, 1.82) is 0 Å². The second kappa shape index (κ2) is 5.80. The van der Waals surface area contributed by atoms with Gasteiger partial charge >= 0.3 is 0 Å². The number of rotatable bonds is 6. The van der Waals surface area contributed by atoms with E-state index in [0.717, 1.165) is 0 Å². The molecular weight excluding hydrogens is 184 g/mol. The van der Waals surface area contributed by atoms with E-state index in [0.29, 0.717) is 12.2 Å². The van der Waals surface area contributed by atoms with Crippen LogP contribution in [0.5, 0.6) is 0 Å². The van der Waals surface area contributed by atoms with Crippen molar-refractivity contribution in [1.82, 2.24) is 0 Å². The van der Waals surface area contributed by atoms with Gasteiger partial charge in [0.2, 0.25) is 0 Å². The van der Waals surface area contributed by atoms with Gasteiger partial charge in [-0.1, -0.05) is 0 Å². The van der Waals surface area contributed by atoms with Crippen LogP contribution in [-0.4, -0.2) is 25.1 Å². The average Bonchev–Trinajstić information content (AvgIpc) is 2.64. The Morgan fingerprint density at radius 1 is 1.57 bits per heavy atom. The molecule has 1 rings (SSSR count). The smallest absolute Gasteiger partial charge is 0.147 e. The minimum atomic E-state index is -0.429. The molecule has 0 aliphatic carbocycles. The minimum Gasteiger partial charge on any atom is -0.467 e. The zero-order valence-corrected chi connectivity index (χ0v) is 8.47. The van der Waals surface area contributed by atoms with Crippen molar-refractivity contribution in [3.8, 4) is 0 Å². The van der Waals surface area contributed by atoms with E-state index in [-0.39, 0.29) is 12.9 Å². The molecular formula is C10H16O4. The summed E-state index contributed by atoms with van der Waals surface area (Å²) in [5.41, 5.74) is 0. The van der Waals surface area contributed by atoms with Crippen LogP contribution in [0.25, 0.3) is 0 Å². The molecule has 0 aliphatic heterocycles. The standard InChI is InChI=1S/C10H16O4/c1-8(11)6-10(14-7-12-2)9-4-3-5-13-9/h3-5,8,10-11H,6-7H2,1-2H3/t8-,10-/m1/s1. The fraction of sp³-hybridized carbons (Fsp3) is 0.600. The summed E-state index contributed by atoms with van der Waals surface area (Å²) in [4.78, 5) is 0. The summed E-state index contributed by atoms with van der Waals surface area (Å²) in [5, 5.41) is 9.26. The molecule has 0 saturated carbocycles. The van der Waals surface area contributed by atoms with Gasteiger partial charge in [-0.05, 0) is 19.1 Å². The highest BCUT2D eigenvalue weighted by atomic mass is 16.7. The molecule has 0 saturated heterocycles. The quantitative estimate of drug-likeness (QED) is 0.710. The van der Waals surface area contributed by atoms with Gasteiger partial charge < -0.3 is 19.0 Å². The van der Waals surface area contributed by atoms with E-state index in [1.807, 2.05) is 6.07 Å².